The number of nitrogens with one attached hydrogen (secondary N) is 1. The van der Waals surface area contributed by atoms with Gasteiger partial charge >= 0.3 is 0 Å². The lowest BCUT2D eigenvalue weighted by molar-refractivity contribution is 0.146. The lowest BCUT2D eigenvalue weighted by Gasteiger charge is -2.19. The Morgan fingerprint density at radius 1 is 1.67 bits per heavy atom. The largest absolute Gasteiger partial charge is 0.396 e. The molecule has 2 unspecified atom stereocenters. The molecule has 0 aromatic carbocycles. The number of aliphatic hydroxyl groups is 1. The molecule has 2 atom stereocenters. The Balaban J connectivity index is 3.68. The van der Waals surface area contributed by atoms with Gasteiger partial charge in [-0.05, 0) is 13.3 Å². The van der Waals surface area contributed by atoms with Crippen molar-refractivity contribution in [1.29, 1.82) is 0 Å². The van der Waals surface area contributed by atoms with Gasteiger partial charge in [-0.1, -0.05) is 6.08 Å². The molecule has 0 aliphatic carbocycles. The van der Waals surface area contributed by atoms with E-state index in [-0.39, 0.29) is 18.7 Å². The maximum Gasteiger partial charge on any atom is 0.0616 e. The first-order chi connectivity index (χ1) is 5.74. The summed E-state index contributed by atoms with van der Waals surface area (Å²) in [5, 5.41) is 12.0. The Bertz CT molecular complexity index is 111. The molecule has 0 aromatic heterocycles. The van der Waals surface area contributed by atoms with Gasteiger partial charge in [-0.2, -0.15) is 0 Å². The van der Waals surface area contributed by atoms with Gasteiger partial charge in [-0.3, -0.25) is 0 Å². The molecule has 0 bridgehead atoms. The molecule has 0 fully saturated rings. The van der Waals surface area contributed by atoms with Gasteiger partial charge in [0.05, 0.1) is 6.61 Å². The van der Waals surface area contributed by atoms with E-state index in [9.17, 15) is 0 Å². The Morgan fingerprint density at radius 2 is 2.33 bits per heavy atom. The van der Waals surface area contributed by atoms with E-state index in [1.54, 1.807) is 7.11 Å². The van der Waals surface area contributed by atoms with Gasteiger partial charge < -0.3 is 15.2 Å². The van der Waals surface area contributed by atoms with Gasteiger partial charge in [-0.15, -0.1) is 6.58 Å². The molecule has 0 saturated carbocycles. The van der Waals surface area contributed by atoms with Gasteiger partial charge in [0.15, 0.2) is 0 Å². The van der Waals surface area contributed by atoms with Crippen LogP contribution in [0, 0.1) is 0 Å². The van der Waals surface area contributed by atoms with Crippen LogP contribution in [0.4, 0.5) is 0 Å². The van der Waals surface area contributed by atoms with Gasteiger partial charge in [0.1, 0.15) is 0 Å². The Labute approximate surface area is 74.4 Å². The molecule has 3 heteroatoms. The number of ether oxygens (including phenoxy) is 1. The minimum absolute atomic E-state index is 0.185. The molecule has 0 rings (SSSR count). The van der Waals surface area contributed by atoms with Crippen molar-refractivity contribution >= 4 is 0 Å². The van der Waals surface area contributed by atoms with Crippen LogP contribution in [0.2, 0.25) is 0 Å². The minimum atomic E-state index is 0.185. The Hall–Kier alpha value is -0.380. The zero-order valence-electron chi connectivity index (χ0n) is 7.92. The number of rotatable bonds is 7. The van der Waals surface area contributed by atoms with Crippen LogP contribution >= 0.6 is 0 Å². The van der Waals surface area contributed by atoms with E-state index < -0.39 is 0 Å². The zero-order chi connectivity index (χ0) is 9.40. The maximum atomic E-state index is 8.73. The molecular weight excluding hydrogens is 154 g/mol. The number of hydrogen-bond donors (Lipinski definition) is 2. The highest BCUT2D eigenvalue weighted by molar-refractivity contribution is 4.84. The van der Waals surface area contributed by atoms with Crippen LogP contribution in [0.15, 0.2) is 12.7 Å². The highest BCUT2D eigenvalue weighted by Crippen LogP contribution is 1.94. The van der Waals surface area contributed by atoms with Crippen molar-refractivity contribution in [2.24, 2.45) is 0 Å². The third kappa shape index (κ3) is 5.29. The zero-order valence-corrected chi connectivity index (χ0v) is 7.92. The van der Waals surface area contributed by atoms with E-state index in [2.05, 4.69) is 11.9 Å². The van der Waals surface area contributed by atoms with Crippen LogP contribution in [-0.2, 0) is 4.74 Å². The second-order valence-electron chi connectivity index (χ2n) is 2.86. The molecule has 0 aliphatic rings. The second-order valence-corrected chi connectivity index (χ2v) is 2.86. The molecule has 72 valence electrons. The molecule has 0 aromatic rings. The monoisotopic (exact) mass is 173 g/mol. The highest BCUT2D eigenvalue weighted by atomic mass is 16.5. The molecule has 0 heterocycles. The number of aliphatic hydroxyl groups excluding tert-OH is 1. The van der Waals surface area contributed by atoms with Crippen LogP contribution < -0.4 is 5.32 Å². The molecule has 2 N–H and O–H groups in total. The third-order valence-electron chi connectivity index (χ3n) is 1.70. The molecule has 3 nitrogen and oxygen atoms in total. The van der Waals surface area contributed by atoms with Gasteiger partial charge in [0.2, 0.25) is 0 Å². The standard InChI is InChI=1S/C9H19NO2/c1-4-8(2)10-9(5-6-11)7-12-3/h4,8-11H,1,5-7H2,2-3H3. The SMILES string of the molecule is C=CC(C)NC(CCO)COC. The first-order valence-electron chi connectivity index (χ1n) is 4.23. The second kappa shape index (κ2) is 7.28. The van der Waals surface area contributed by atoms with E-state index >= 15 is 0 Å². The van der Waals surface area contributed by atoms with Crippen molar-refractivity contribution in [2.75, 3.05) is 20.3 Å². The summed E-state index contributed by atoms with van der Waals surface area (Å²) >= 11 is 0. The molecule has 0 spiro atoms. The van der Waals surface area contributed by atoms with Crippen LogP contribution in [0.1, 0.15) is 13.3 Å². The van der Waals surface area contributed by atoms with Crippen molar-refractivity contribution in [3.8, 4) is 0 Å². The van der Waals surface area contributed by atoms with Crippen LogP contribution in [-0.4, -0.2) is 37.5 Å². The number of methoxy groups -OCH3 is 1. The summed E-state index contributed by atoms with van der Waals surface area (Å²) in [4.78, 5) is 0. The summed E-state index contributed by atoms with van der Waals surface area (Å²) < 4.78 is 4.99. The van der Waals surface area contributed by atoms with Crippen molar-refractivity contribution in [3.05, 3.63) is 12.7 Å². The Morgan fingerprint density at radius 3 is 2.75 bits per heavy atom. The van der Waals surface area contributed by atoms with Gasteiger partial charge in [0.25, 0.3) is 0 Å². The summed E-state index contributed by atoms with van der Waals surface area (Å²) in [5.74, 6) is 0. The number of hydrogen-bond acceptors (Lipinski definition) is 3. The summed E-state index contributed by atoms with van der Waals surface area (Å²) in [6.07, 6.45) is 2.55. The van der Waals surface area contributed by atoms with Crippen LogP contribution in [0.25, 0.3) is 0 Å². The van der Waals surface area contributed by atoms with Gasteiger partial charge in [0, 0.05) is 25.8 Å². The summed E-state index contributed by atoms with van der Waals surface area (Å²) in [7, 11) is 1.66. The van der Waals surface area contributed by atoms with Gasteiger partial charge in [-0.25, -0.2) is 0 Å². The maximum absolute atomic E-state index is 8.73. The van der Waals surface area contributed by atoms with E-state index in [1.807, 2.05) is 13.0 Å². The molecule has 0 aliphatic heterocycles. The molecule has 0 saturated heterocycles. The Kier molecular flexibility index (Phi) is 7.05. The van der Waals surface area contributed by atoms with Crippen molar-refractivity contribution in [1.82, 2.24) is 5.32 Å². The molecule has 12 heavy (non-hydrogen) atoms. The fourth-order valence-corrected chi connectivity index (χ4v) is 1.01. The average molecular weight is 173 g/mol. The summed E-state index contributed by atoms with van der Waals surface area (Å²) in [6.45, 7) is 6.50. The predicted molar refractivity (Wildman–Crippen MR) is 50.2 cm³/mol. The topological polar surface area (TPSA) is 41.5 Å². The van der Waals surface area contributed by atoms with Crippen molar-refractivity contribution < 1.29 is 9.84 Å². The minimum Gasteiger partial charge on any atom is -0.396 e. The van der Waals surface area contributed by atoms with Crippen molar-refractivity contribution in [3.63, 3.8) is 0 Å². The van der Waals surface area contributed by atoms with E-state index in [1.165, 1.54) is 0 Å². The lowest BCUT2D eigenvalue weighted by atomic mass is 10.2. The van der Waals surface area contributed by atoms with E-state index in [0.29, 0.717) is 13.0 Å². The average Bonchev–Trinajstić information content (AvgIpc) is 2.05. The summed E-state index contributed by atoms with van der Waals surface area (Å²) in [6, 6.07) is 0.477. The smallest absolute Gasteiger partial charge is 0.0616 e. The van der Waals surface area contributed by atoms with Crippen molar-refractivity contribution in [2.45, 2.75) is 25.4 Å². The molecule has 0 amide bonds. The fourth-order valence-electron chi connectivity index (χ4n) is 1.01. The quantitative estimate of drug-likeness (QED) is 0.552. The summed E-state index contributed by atoms with van der Waals surface area (Å²) in [5.41, 5.74) is 0. The van der Waals surface area contributed by atoms with E-state index in [0.717, 1.165) is 0 Å². The van der Waals surface area contributed by atoms with E-state index in [4.69, 9.17) is 9.84 Å². The molecule has 0 radical (unpaired) electrons. The predicted octanol–water partition coefficient (Wildman–Crippen LogP) is 0.548. The lowest BCUT2D eigenvalue weighted by Crippen LogP contribution is -2.39. The fraction of sp³-hybridized carbons (Fsp3) is 0.778. The van der Waals surface area contributed by atoms with Crippen LogP contribution in [0.5, 0.6) is 0 Å². The highest BCUT2D eigenvalue weighted by Gasteiger charge is 2.08. The first-order valence-corrected chi connectivity index (χ1v) is 4.23. The normalized spacial score (nSPS) is 15.6. The van der Waals surface area contributed by atoms with Crippen LogP contribution in [0.3, 0.4) is 0 Å². The first kappa shape index (κ1) is 11.6. The third-order valence-corrected chi connectivity index (χ3v) is 1.70. The molecular formula is C9H19NO2.